The summed E-state index contributed by atoms with van der Waals surface area (Å²) in [7, 11) is 0. The Morgan fingerprint density at radius 3 is 2.11 bits per heavy atom. The van der Waals surface area contributed by atoms with Gasteiger partial charge >= 0.3 is 5.56 Å². The fourth-order valence-electron chi connectivity index (χ4n) is 2.95. The van der Waals surface area contributed by atoms with Crippen LogP contribution >= 0.6 is 0 Å². The van der Waals surface area contributed by atoms with Crippen molar-refractivity contribution in [3.05, 3.63) is 113 Å². The fourth-order valence-corrected chi connectivity index (χ4v) is 2.95. The topological polar surface area (TPSA) is 77.1 Å². The summed E-state index contributed by atoms with van der Waals surface area (Å²) in [6.45, 7) is 0.349. The van der Waals surface area contributed by atoms with Crippen LogP contribution in [-0.2, 0) is 6.54 Å². The van der Waals surface area contributed by atoms with Crippen LogP contribution in [0.5, 0.6) is 0 Å². The summed E-state index contributed by atoms with van der Waals surface area (Å²) in [4.78, 5) is 17.1. The molecule has 0 amide bonds. The number of H-pyrrole nitrogens is 1. The molecule has 1 aromatic heterocycles. The van der Waals surface area contributed by atoms with Gasteiger partial charge in [-0.1, -0.05) is 76.6 Å². The number of hydrogen-bond acceptors (Lipinski definition) is 3. The van der Waals surface area contributed by atoms with Gasteiger partial charge in [0, 0.05) is 5.90 Å². The van der Waals surface area contributed by atoms with Gasteiger partial charge in [-0.15, -0.1) is 4.68 Å². The summed E-state index contributed by atoms with van der Waals surface area (Å²) in [6.07, 6.45) is 0. The quantitative estimate of drug-likeness (QED) is 0.331. The molecule has 0 aliphatic carbocycles. The van der Waals surface area contributed by atoms with E-state index in [9.17, 15) is 9.90 Å². The number of rotatable bonds is 5. The lowest BCUT2D eigenvalue weighted by Crippen LogP contribution is -2.46. The van der Waals surface area contributed by atoms with Crippen molar-refractivity contribution in [1.29, 1.82) is 0 Å². The second-order valence-electron chi connectivity index (χ2n) is 6.25. The van der Waals surface area contributed by atoms with Gasteiger partial charge in [0.1, 0.15) is 6.54 Å². The summed E-state index contributed by atoms with van der Waals surface area (Å²) in [5, 5.41) is 15.9. The Labute approximate surface area is 161 Å². The van der Waals surface area contributed by atoms with E-state index < -0.39 is 11.5 Å². The van der Waals surface area contributed by atoms with E-state index in [0.29, 0.717) is 17.9 Å². The van der Waals surface area contributed by atoms with Crippen molar-refractivity contribution in [2.45, 2.75) is 6.54 Å². The standard InChI is InChI=1S/C22H18N4O2/c27-21(23-18-12-6-2-7-13-18)20-22(28)26(19-14-8-3-9-15-19)24-25(20)16-17-10-4-1-5-11-17/h1-15H,16H2,(H-,23,24,27,28). The van der Waals surface area contributed by atoms with E-state index in [0.717, 1.165) is 5.56 Å². The number of nitrogens with zero attached hydrogens (tertiary/aromatic N) is 3. The van der Waals surface area contributed by atoms with Crippen molar-refractivity contribution >= 4 is 11.6 Å². The molecule has 4 rings (SSSR count). The minimum absolute atomic E-state index is 0.0171. The molecule has 0 aliphatic heterocycles. The minimum atomic E-state index is -0.585. The molecule has 28 heavy (non-hydrogen) atoms. The second kappa shape index (κ2) is 7.75. The fraction of sp³-hybridized carbons (Fsp3) is 0.0455. The zero-order valence-electron chi connectivity index (χ0n) is 15.0. The third kappa shape index (κ3) is 3.61. The minimum Gasteiger partial charge on any atom is -0.855 e. The molecular weight excluding hydrogens is 352 g/mol. The van der Waals surface area contributed by atoms with Gasteiger partial charge in [-0.3, -0.25) is 4.99 Å². The van der Waals surface area contributed by atoms with E-state index in [2.05, 4.69) is 10.2 Å². The first-order chi connectivity index (χ1) is 13.7. The van der Waals surface area contributed by atoms with Gasteiger partial charge in [-0.05, 0) is 29.8 Å². The third-order valence-electron chi connectivity index (χ3n) is 4.28. The lowest BCUT2D eigenvalue weighted by molar-refractivity contribution is -0.749. The van der Waals surface area contributed by atoms with Gasteiger partial charge < -0.3 is 5.11 Å². The first kappa shape index (κ1) is 17.5. The average molecular weight is 370 g/mol. The smallest absolute Gasteiger partial charge is 0.406 e. The van der Waals surface area contributed by atoms with Crippen molar-refractivity contribution in [3.63, 3.8) is 0 Å². The van der Waals surface area contributed by atoms with E-state index in [-0.39, 0.29) is 5.69 Å². The number of benzene rings is 3. The van der Waals surface area contributed by atoms with Gasteiger partial charge in [-0.2, -0.15) is 0 Å². The van der Waals surface area contributed by atoms with Crippen molar-refractivity contribution in [2.75, 3.05) is 0 Å². The molecule has 6 nitrogen and oxygen atoms in total. The molecule has 0 aliphatic rings. The maximum Gasteiger partial charge on any atom is 0.406 e. The summed E-state index contributed by atoms with van der Waals surface area (Å²) < 4.78 is 2.90. The maximum atomic E-state index is 13.0. The van der Waals surface area contributed by atoms with E-state index in [1.54, 1.807) is 41.1 Å². The molecule has 3 aromatic carbocycles. The molecule has 0 bridgehead atoms. The first-order valence-electron chi connectivity index (χ1n) is 8.88. The zero-order chi connectivity index (χ0) is 19.3. The maximum absolute atomic E-state index is 13.0. The molecule has 0 saturated heterocycles. The van der Waals surface area contributed by atoms with Gasteiger partial charge in [0.15, 0.2) is 5.69 Å². The summed E-state index contributed by atoms with van der Waals surface area (Å²) >= 11 is 0. The Hall–Kier alpha value is -3.93. The van der Waals surface area contributed by atoms with E-state index in [1.807, 2.05) is 54.6 Å². The van der Waals surface area contributed by atoms with Gasteiger partial charge in [0.25, 0.3) is 0 Å². The largest absolute Gasteiger partial charge is 0.855 e. The molecule has 1 heterocycles. The van der Waals surface area contributed by atoms with Crippen molar-refractivity contribution in [3.8, 4) is 5.69 Å². The lowest BCUT2D eigenvalue weighted by Gasteiger charge is -2.07. The van der Waals surface area contributed by atoms with Crippen LogP contribution in [-0.4, -0.2) is 15.8 Å². The number of para-hydroxylation sites is 2. The normalized spacial score (nSPS) is 11.5. The highest BCUT2D eigenvalue weighted by molar-refractivity contribution is 5.88. The Balaban J connectivity index is 1.84. The Bertz CT molecular complexity index is 1150. The molecule has 6 heteroatoms. The van der Waals surface area contributed by atoms with Gasteiger partial charge in [-0.25, -0.2) is 4.79 Å². The highest BCUT2D eigenvalue weighted by atomic mass is 16.3. The van der Waals surface area contributed by atoms with Crippen LogP contribution in [0.1, 0.15) is 11.3 Å². The lowest BCUT2D eigenvalue weighted by atomic mass is 10.2. The van der Waals surface area contributed by atoms with Crippen LogP contribution in [0.15, 0.2) is 101 Å². The number of aromatic nitrogens is 3. The second-order valence-corrected chi connectivity index (χ2v) is 6.25. The molecule has 0 spiro atoms. The van der Waals surface area contributed by atoms with Gasteiger partial charge in [0.05, 0.1) is 5.69 Å². The molecular formula is C22H18N4O2. The van der Waals surface area contributed by atoms with Gasteiger partial charge in [0.2, 0.25) is 5.69 Å². The third-order valence-corrected chi connectivity index (χ3v) is 4.28. The van der Waals surface area contributed by atoms with Crippen LogP contribution < -0.4 is 15.3 Å². The molecule has 0 saturated carbocycles. The highest BCUT2D eigenvalue weighted by Gasteiger charge is 2.23. The van der Waals surface area contributed by atoms with Crippen LogP contribution in [0.3, 0.4) is 0 Å². The van der Waals surface area contributed by atoms with Crippen LogP contribution in [0, 0.1) is 0 Å². The predicted octanol–water partition coefficient (Wildman–Crippen LogP) is 1.94. The molecule has 4 aromatic rings. The predicted molar refractivity (Wildman–Crippen MR) is 105 cm³/mol. The summed E-state index contributed by atoms with van der Waals surface area (Å²) in [6, 6.07) is 27.6. The Morgan fingerprint density at radius 1 is 0.893 bits per heavy atom. The van der Waals surface area contributed by atoms with Crippen LogP contribution in [0.4, 0.5) is 5.69 Å². The Kier molecular flexibility index (Phi) is 4.84. The Morgan fingerprint density at radius 2 is 1.46 bits per heavy atom. The van der Waals surface area contributed by atoms with Crippen molar-refractivity contribution in [2.24, 2.45) is 4.99 Å². The molecule has 0 fully saturated rings. The van der Waals surface area contributed by atoms with E-state index >= 15 is 0 Å². The summed E-state index contributed by atoms with van der Waals surface area (Å²) in [5.41, 5.74) is 1.66. The van der Waals surface area contributed by atoms with Crippen molar-refractivity contribution in [1.82, 2.24) is 9.90 Å². The van der Waals surface area contributed by atoms with E-state index in [1.165, 1.54) is 4.68 Å². The monoisotopic (exact) mass is 370 g/mol. The first-order valence-corrected chi connectivity index (χ1v) is 8.88. The zero-order valence-corrected chi connectivity index (χ0v) is 15.0. The SMILES string of the molecule is O=c1c(C([O-])=Nc2ccccc2)[n+](Cc2ccccc2)[nH]n1-c1ccccc1. The van der Waals surface area contributed by atoms with Crippen LogP contribution in [0.2, 0.25) is 0 Å². The summed E-state index contributed by atoms with van der Waals surface area (Å²) in [5.74, 6) is -0.585. The molecule has 138 valence electrons. The number of aromatic amines is 1. The van der Waals surface area contributed by atoms with Crippen molar-refractivity contribution < 1.29 is 9.79 Å². The number of hydrogen-bond donors (Lipinski definition) is 1. The van der Waals surface area contributed by atoms with E-state index in [4.69, 9.17) is 0 Å². The number of aliphatic imine (C=N–C) groups is 1. The number of nitrogens with one attached hydrogen (secondary N) is 1. The molecule has 0 unspecified atom stereocenters. The average Bonchev–Trinajstić information content (AvgIpc) is 3.06. The molecule has 0 radical (unpaired) electrons. The van der Waals surface area contributed by atoms with Crippen LogP contribution in [0.25, 0.3) is 5.69 Å². The molecule has 0 atom stereocenters. The highest BCUT2D eigenvalue weighted by Crippen LogP contribution is 2.10. The molecule has 1 N–H and O–H groups in total.